The van der Waals surface area contributed by atoms with E-state index < -0.39 is 31.1 Å². The number of aromatic nitrogens is 4. The highest BCUT2D eigenvalue weighted by Crippen LogP contribution is 2.34. The van der Waals surface area contributed by atoms with Crippen LogP contribution in [0.1, 0.15) is 11.8 Å². The highest BCUT2D eigenvalue weighted by molar-refractivity contribution is 5.82. The Labute approximate surface area is 170 Å². The lowest BCUT2D eigenvalue weighted by Gasteiger charge is -2.16. The molecule has 6 N–H and O–H groups in total. The van der Waals surface area contributed by atoms with Gasteiger partial charge in [-0.3, -0.25) is 4.57 Å². The summed E-state index contributed by atoms with van der Waals surface area (Å²) >= 11 is 0. The SMILES string of the molecule is COc1cc(O)c(CNc2ncnc3c2ncn3C2O[C@H](CO)[C@@H](O)[C@H]2O)c(O)c1. The molecule has 0 spiro atoms. The van der Waals surface area contributed by atoms with E-state index in [1.165, 1.54) is 36.5 Å². The molecule has 4 atom stereocenters. The Morgan fingerprint density at radius 2 is 1.87 bits per heavy atom. The van der Waals surface area contributed by atoms with Gasteiger partial charge in [0.25, 0.3) is 0 Å². The molecule has 1 saturated heterocycles. The monoisotopic (exact) mass is 419 g/mol. The number of aromatic hydroxyl groups is 2. The maximum atomic E-state index is 10.3. The van der Waals surface area contributed by atoms with Crippen molar-refractivity contribution in [2.45, 2.75) is 31.1 Å². The minimum Gasteiger partial charge on any atom is -0.507 e. The van der Waals surface area contributed by atoms with Crippen molar-refractivity contribution >= 4 is 17.0 Å². The Kier molecular flexibility index (Phi) is 5.30. The summed E-state index contributed by atoms with van der Waals surface area (Å²) in [7, 11) is 1.42. The largest absolute Gasteiger partial charge is 0.507 e. The molecule has 12 heteroatoms. The molecule has 30 heavy (non-hydrogen) atoms. The van der Waals surface area contributed by atoms with Crippen LogP contribution in [-0.2, 0) is 11.3 Å². The molecular weight excluding hydrogens is 398 g/mol. The second-order valence-corrected chi connectivity index (χ2v) is 6.77. The first-order valence-corrected chi connectivity index (χ1v) is 9.07. The van der Waals surface area contributed by atoms with E-state index in [1.54, 1.807) is 0 Å². The predicted octanol–water partition coefficient (Wildman–Crippen LogP) is -0.530. The maximum Gasteiger partial charge on any atom is 0.167 e. The molecule has 1 fully saturated rings. The van der Waals surface area contributed by atoms with Gasteiger partial charge in [0.15, 0.2) is 23.2 Å². The van der Waals surface area contributed by atoms with Crippen LogP contribution in [0.2, 0.25) is 0 Å². The molecule has 0 saturated carbocycles. The number of aliphatic hydroxyl groups excluding tert-OH is 3. The summed E-state index contributed by atoms with van der Waals surface area (Å²) in [6.07, 6.45) is -1.79. The molecule has 12 nitrogen and oxygen atoms in total. The third-order valence-electron chi connectivity index (χ3n) is 4.99. The van der Waals surface area contributed by atoms with Crippen molar-refractivity contribution in [3.8, 4) is 17.2 Å². The number of phenolic OH excluding ortho intramolecular Hbond substituents is 2. The Morgan fingerprint density at radius 3 is 2.50 bits per heavy atom. The number of anilines is 1. The Bertz CT molecular complexity index is 1040. The number of rotatable bonds is 6. The van der Waals surface area contributed by atoms with Crippen LogP contribution in [0.4, 0.5) is 5.82 Å². The first-order valence-electron chi connectivity index (χ1n) is 9.07. The number of ether oxygens (including phenoxy) is 2. The Morgan fingerprint density at radius 1 is 1.13 bits per heavy atom. The minimum atomic E-state index is -1.28. The third-order valence-corrected chi connectivity index (χ3v) is 4.99. The number of imidazole rings is 1. The van der Waals surface area contributed by atoms with Gasteiger partial charge in [0.1, 0.15) is 41.9 Å². The fraction of sp³-hybridized carbons (Fsp3) is 0.389. The van der Waals surface area contributed by atoms with E-state index in [2.05, 4.69) is 20.3 Å². The number of benzene rings is 1. The molecule has 1 aliphatic rings. The van der Waals surface area contributed by atoms with E-state index in [0.717, 1.165) is 0 Å². The van der Waals surface area contributed by atoms with Crippen molar-refractivity contribution in [1.82, 2.24) is 19.5 Å². The highest BCUT2D eigenvalue weighted by atomic mass is 16.6. The summed E-state index contributed by atoms with van der Waals surface area (Å²) in [5.41, 5.74) is 0.915. The number of nitrogens with one attached hydrogen (secondary N) is 1. The number of nitrogens with zero attached hydrogens (tertiary/aromatic N) is 4. The molecule has 160 valence electrons. The smallest absolute Gasteiger partial charge is 0.167 e. The van der Waals surface area contributed by atoms with E-state index in [4.69, 9.17) is 9.47 Å². The summed E-state index contributed by atoms with van der Waals surface area (Å²) in [6.45, 7) is -0.410. The Balaban J connectivity index is 1.60. The minimum absolute atomic E-state index is 0.0362. The van der Waals surface area contributed by atoms with Gasteiger partial charge in [-0.05, 0) is 0 Å². The van der Waals surface area contributed by atoms with E-state index >= 15 is 0 Å². The lowest BCUT2D eigenvalue weighted by atomic mass is 10.1. The summed E-state index contributed by atoms with van der Waals surface area (Å²) in [6, 6.07) is 2.76. The van der Waals surface area contributed by atoms with Gasteiger partial charge in [-0.25, -0.2) is 15.0 Å². The van der Waals surface area contributed by atoms with Crippen molar-refractivity contribution in [2.75, 3.05) is 19.0 Å². The number of hydrogen-bond acceptors (Lipinski definition) is 11. The zero-order valence-corrected chi connectivity index (χ0v) is 15.9. The van der Waals surface area contributed by atoms with Gasteiger partial charge in [-0.15, -0.1) is 0 Å². The number of methoxy groups -OCH3 is 1. The van der Waals surface area contributed by atoms with Crippen LogP contribution in [0.25, 0.3) is 11.2 Å². The summed E-state index contributed by atoms with van der Waals surface area (Å²) in [4.78, 5) is 12.6. The highest BCUT2D eigenvalue weighted by Gasteiger charge is 2.44. The maximum absolute atomic E-state index is 10.3. The molecule has 1 aromatic carbocycles. The summed E-state index contributed by atoms with van der Waals surface area (Å²) in [5, 5.41) is 52.7. The first kappa shape index (κ1) is 20.1. The topological polar surface area (TPSA) is 175 Å². The lowest BCUT2D eigenvalue weighted by Crippen LogP contribution is -2.33. The fourth-order valence-corrected chi connectivity index (χ4v) is 3.37. The lowest BCUT2D eigenvalue weighted by molar-refractivity contribution is -0.0511. The van der Waals surface area contributed by atoms with Crippen LogP contribution >= 0.6 is 0 Å². The zero-order chi connectivity index (χ0) is 21.4. The standard InChI is InChI=1S/C18H21N5O7/c1-29-8-2-10(25)9(11(26)3-8)4-19-16-13-17(21-6-20-16)23(7-22-13)18-15(28)14(27)12(5-24)30-18/h2-3,6-7,12,14-15,18,24-28H,4-5H2,1H3,(H,19,20,21)/t12-,14-,15-,18?/m1/s1. The number of fused-ring (bicyclic) bond motifs is 1. The molecule has 3 heterocycles. The third kappa shape index (κ3) is 3.35. The van der Waals surface area contributed by atoms with Gasteiger partial charge in [-0.1, -0.05) is 0 Å². The van der Waals surface area contributed by atoms with E-state index in [0.29, 0.717) is 22.7 Å². The van der Waals surface area contributed by atoms with Crippen LogP contribution in [0.5, 0.6) is 17.2 Å². The molecule has 1 unspecified atom stereocenters. The molecular formula is C18H21N5O7. The second-order valence-electron chi connectivity index (χ2n) is 6.77. The average molecular weight is 419 g/mol. The van der Waals surface area contributed by atoms with E-state index in [-0.39, 0.29) is 23.6 Å². The van der Waals surface area contributed by atoms with Crippen LogP contribution in [0, 0.1) is 0 Å². The van der Waals surface area contributed by atoms with E-state index in [1.807, 2.05) is 0 Å². The van der Waals surface area contributed by atoms with Crippen molar-refractivity contribution in [3.63, 3.8) is 0 Å². The second kappa shape index (κ2) is 7.91. The van der Waals surface area contributed by atoms with Crippen molar-refractivity contribution in [3.05, 3.63) is 30.4 Å². The average Bonchev–Trinajstić information content (AvgIpc) is 3.29. The Hall–Kier alpha value is -3.19. The summed E-state index contributed by atoms with van der Waals surface area (Å²) in [5.74, 6) is 0.332. The number of hydrogen-bond donors (Lipinski definition) is 6. The fourth-order valence-electron chi connectivity index (χ4n) is 3.37. The molecule has 0 aliphatic carbocycles. The van der Waals surface area contributed by atoms with E-state index in [9.17, 15) is 25.5 Å². The van der Waals surface area contributed by atoms with Gasteiger partial charge < -0.3 is 40.3 Å². The molecule has 0 amide bonds. The number of phenols is 2. The van der Waals surface area contributed by atoms with Gasteiger partial charge in [0.2, 0.25) is 0 Å². The van der Waals surface area contributed by atoms with Gasteiger partial charge in [0.05, 0.1) is 25.6 Å². The van der Waals surface area contributed by atoms with Gasteiger partial charge in [-0.2, -0.15) is 0 Å². The van der Waals surface area contributed by atoms with Crippen LogP contribution in [0.15, 0.2) is 24.8 Å². The van der Waals surface area contributed by atoms with Crippen molar-refractivity contribution in [1.29, 1.82) is 0 Å². The quantitative estimate of drug-likeness (QED) is 0.303. The van der Waals surface area contributed by atoms with Gasteiger partial charge in [0, 0.05) is 18.7 Å². The summed E-state index contributed by atoms with van der Waals surface area (Å²) < 4.78 is 12.0. The van der Waals surface area contributed by atoms with Gasteiger partial charge >= 0.3 is 0 Å². The normalized spacial score (nSPS) is 23.7. The predicted molar refractivity (Wildman–Crippen MR) is 102 cm³/mol. The van der Waals surface area contributed by atoms with Crippen LogP contribution in [0.3, 0.4) is 0 Å². The molecule has 2 aromatic heterocycles. The van der Waals surface area contributed by atoms with Crippen LogP contribution < -0.4 is 10.1 Å². The molecule has 4 rings (SSSR count). The molecule has 0 bridgehead atoms. The molecule has 0 radical (unpaired) electrons. The molecule has 1 aliphatic heterocycles. The van der Waals surface area contributed by atoms with Crippen LogP contribution in [-0.4, -0.2) is 77.1 Å². The molecule has 3 aromatic rings. The van der Waals surface area contributed by atoms with Crippen molar-refractivity contribution < 1.29 is 35.0 Å². The van der Waals surface area contributed by atoms with Crippen molar-refractivity contribution in [2.24, 2.45) is 0 Å². The first-order chi connectivity index (χ1) is 14.4. The number of aliphatic hydroxyl groups is 3. The zero-order valence-electron chi connectivity index (χ0n) is 15.9.